The Labute approximate surface area is 67.1 Å². The molecular formula is C4H5Cl2NO3. The van der Waals surface area contributed by atoms with Crippen molar-refractivity contribution in [2.45, 2.75) is 5.50 Å². The molecule has 0 aliphatic heterocycles. The number of carboxylic acid groups (broad SMARTS) is 1. The Morgan fingerprint density at radius 1 is 1.60 bits per heavy atom. The number of rotatable bonds is 3. The van der Waals surface area contributed by atoms with Crippen LogP contribution in [0.4, 0.5) is 0 Å². The Morgan fingerprint density at radius 3 is 2.40 bits per heavy atom. The van der Waals surface area contributed by atoms with Crippen LogP contribution in [0.15, 0.2) is 0 Å². The second kappa shape index (κ2) is 4.35. The van der Waals surface area contributed by atoms with E-state index in [-0.39, 0.29) is 5.88 Å². The van der Waals surface area contributed by atoms with Gasteiger partial charge in [-0.1, -0.05) is 11.6 Å². The van der Waals surface area contributed by atoms with Crippen molar-refractivity contribution in [2.24, 2.45) is 0 Å². The molecule has 1 atom stereocenters. The maximum absolute atomic E-state index is 10.3. The first kappa shape index (κ1) is 9.52. The predicted molar refractivity (Wildman–Crippen MR) is 36.1 cm³/mol. The van der Waals surface area contributed by atoms with Gasteiger partial charge in [0.05, 0.1) is 0 Å². The molecule has 0 spiro atoms. The Kier molecular flexibility index (Phi) is 4.14. The lowest BCUT2D eigenvalue weighted by Crippen LogP contribution is -2.37. The molecule has 0 saturated heterocycles. The molecule has 1 unspecified atom stereocenters. The molecule has 0 aliphatic carbocycles. The fourth-order valence-electron chi connectivity index (χ4n) is 0.242. The zero-order valence-electron chi connectivity index (χ0n) is 4.80. The zero-order valence-corrected chi connectivity index (χ0v) is 6.32. The molecule has 0 fully saturated rings. The average Bonchev–Trinajstić information content (AvgIpc) is 1.87. The van der Waals surface area contributed by atoms with Crippen LogP contribution in [0.25, 0.3) is 0 Å². The van der Waals surface area contributed by atoms with E-state index in [4.69, 9.17) is 28.3 Å². The fraction of sp³-hybridized carbons (Fsp3) is 0.500. The lowest BCUT2D eigenvalue weighted by atomic mass is 10.6. The van der Waals surface area contributed by atoms with Gasteiger partial charge in [-0.2, -0.15) is 0 Å². The van der Waals surface area contributed by atoms with Gasteiger partial charge in [0.25, 0.3) is 0 Å². The summed E-state index contributed by atoms with van der Waals surface area (Å²) in [7, 11) is 0. The van der Waals surface area contributed by atoms with Crippen molar-refractivity contribution < 1.29 is 14.7 Å². The maximum atomic E-state index is 10.3. The first-order valence-electron chi connectivity index (χ1n) is 2.30. The summed E-state index contributed by atoms with van der Waals surface area (Å²) in [5, 5.41) is 10.1. The van der Waals surface area contributed by atoms with Gasteiger partial charge in [-0.25, -0.2) is 4.79 Å². The summed E-state index contributed by atoms with van der Waals surface area (Å²) in [6.45, 7) is 0. The van der Waals surface area contributed by atoms with Gasteiger partial charge in [-0.05, 0) is 0 Å². The minimum atomic E-state index is -1.40. The molecule has 0 aliphatic rings. The summed E-state index contributed by atoms with van der Waals surface area (Å²) < 4.78 is 0. The number of amides is 1. The number of halogens is 2. The van der Waals surface area contributed by atoms with Gasteiger partial charge >= 0.3 is 5.97 Å². The Hall–Kier alpha value is -0.480. The van der Waals surface area contributed by atoms with Crippen molar-refractivity contribution in [3.8, 4) is 0 Å². The van der Waals surface area contributed by atoms with Crippen LogP contribution in [-0.2, 0) is 9.59 Å². The molecule has 0 aromatic rings. The summed E-state index contributed by atoms with van der Waals surface area (Å²) in [6.07, 6.45) is 0. The highest BCUT2D eigenvalue weighted by Crippen LogP contribution is 1.90. The summed E-state index contributed by atoms with van der Waals surface area (Å²) in [4.78, 5) is 20.3. The van der Waals surface area contributed by atoms with Gasteiger partial charge in [0.2, 0.25) is 11.4 Å². The summed E-state index contributed by atoms with van der Waals surface area (Å²) >= 11 is 10.1. The van der Waals surface area contributed by atoms with Crippen LogP contribution in [0.2, 0.25) is 0 Å². The van der Waals surface area contributed by atoms with Crippen molar-refractivity contribution in [3.05, 3.63) is 0 Å². The van der Waals surface area contributed by atoms with Gasteiger partial charge in [-0.15, -0.1) is 11.6 Å². The Morgan fingerprint density at radius 2 is 2.10 bits per heavy atom. The van der Waals surface area contributed by atoms with E-state index in [0.29, 0.717) is 0 Å². The third-order valence-electron chi connectivity index (χ3n) is 0.626. The molecule has 4 nitrogen and oxygen atoms in total. The summed E-state index contributed by atoms with van der Waals surface area (Å²) in [5.74, 6) is -2.21. The summed E-state index contributed by atoms with van der Waals surface area (Å²) in [5.41, 5.74) is -1.40. The lowest BCUT2D eigenvalue weighted by Gasteiger charge is -2.03. The molecule has 10 heavy (non-hydrogen) atoms. The van der Waals surface area contributed by atoms with Crippen LogP contribution < -0.4 is 5.32 Å². The van der Waals surface area contributed by atoms with Crippen LogP contribution in [0, 0.1) is 0 Å². The van der Waals surface area contributed by atoms with E-state index >= 15 is 0 Å². The van der Waals surface area contributed by atoms with Crippen molar-refractivity contribution in [1.82, 2.24) is 5.32 Å². The monoisotopic (exact) mass is 185 g/mol. The van der Waals surface area contributed by atoms with Crippen molar-refractivity contribution in [3.63, 3.8) is 0 Å². The molecule has 0 aromatic heterocycles. The number of hydrogen-bond acceptors (Lipinski definition) is 2. The van der Waals surface area contributed by atoms with Gasteiger partial charge < -0.3 is 10.4 Å². The van der Waals surface area contributed by atoms with Gasteiger partial charge in [-0.3, -0.25) is 4.79 Å². The van der Waals surface area contributed by atoms with Crippen LogP contribution in [0.3, 0.4) is 0 Å². The van der Waals surface area contributed by atoms with Gasteiger partial charge in [0, 0.05) is 0 Å². The highest BCUT2D eigenvalue weighted by Gasteiger charge is 2.14. The molecule has 0 saturated carbocycles. The molecule has 0 radical (unpaired) electrons. The lowest BCUT2D eigenvalue weighted by molar-refractivity contribution is -0.139. The molecule has 0 aromatic carbocycles. The molecule has 1 amide bonds. The van der Waals surface area contributed by atoms with Crippen LogP contribution in [-0.4, -0.2) is 28.4 Å². The molecule has 0 bridgehead atoms. The minimum Gasteiger partial charge on any atom is -0.479 e. The quantitative estimate of drug-likeness (QED) is 0.481. The second-order valence-electron chi connectivity index (χ2n) is 1.40. The van der Waals surface area contributed by atoms with Crippen LogP contribution >= 0.6 is 23.2 Å². The van der Waals surface area contributed by atoms with E-state index in [1.807, 2.05) is 5.32 Å². The van der Waals surface area contributed by atoms with E-state index < -0.39 is 17.4 Å². The zero-order chi connectivity index (χ0) is 8.15. The summed E-state index contributed by atoms with van der Waals surface area (Å²) in [6, 6.07) is 0. The topological polar surface area (TPSA) is 66.4 Å². The van der Waals surface area contributed by atoms with E-state index in [1.54, 1.807) is 0 Å². The van der Waals surface area contributed by atoms with Crippen molar-refractivity contribution in [2.75, 3.05) is 5.88 Å². The number of carboxylic acids is 1. The minimum absolute atomic E-state index is 0.295. The number of nitrogens with one attached hydrogen (secondary N) is 1. The third-order valence-corrected chi connectivity index (χ3v) is 1.16. The molecule has 0 heterocycles. The van der Waals surface area contributed by atoms with Crippen LogP contribution in [0.5, 0.6) is 0 Å². The van der Waals surface area contributed by atoms with Gasteiger partial charge in [0.1, 0.15) is 5.88 Å². The average molecular weight is 186 g/mol. The first-order chi connectivity index (χ1) is 4.57. The fourth-order valence-corrected chi connectivity index (χ4v) is 0.441. The molecule has 0 rings (SSSR count). The second-order valence-corrected chi connectivity index (χ2v) is 2.11. The largest absolute Gasteiger partial charge is 0.479 e. The standard InChI is InChI=1S/C4H5Cl2NO3/c5-1-2(8)7-3(6)4(9)10/h3H,1H2,(H,7,8)(H,9,10). The van der Waals surface area contributed by atoms with Crippen LogP contribution in [0.1, 0.15) is 0 Å². The van der Waals surface area contributed by atoms with E-state index in [9.17, 15) is 9.59 Å². The van der Waals surface area contributed by atoms with Crippen molar-refractivity contribution >= 4 is 35.1 Å². The smallest absolute Gasteiger partial charge is 0.341 e. The highest BCUT2D eigenvalue weighted by atomic mass is 35.5. The molecule has 6 heteroatoms. The predicted octanol–water partition coefficient (Wildman–Crippen LogP) is -0.00910. The third kappa shape index (κ3) is 3.53. The molecular weight excluding hydrogens is 181 g/mol. The number of carbonyl (C=O) groups excluding carboxylic acids is 1. The first-order valence-corrected chi connectivity index (χ1v) is 3.27. The Bertz CT molecular complexity index is 149. The van der Waals surface area contributed by atoms with E-state index in [0.717, 1.165) is 0 Å². The molecule has 58 valence electrons. The number of alkyl halides is 2. The normalized spacial score (nSPS) is 12.2. The number of aliphatic carboxylic acids is 1. The SMILES string of the molecule is O=C(CCl)NC(Cl)C(=O)O. The van der Waals surface area contributed by atoms with E-state index in [2.05, 4.69) is 0 Å². The Balaban J connectivity index is 3.68. The molecule has 2 N–H and O–H groups in total. The van der Waals surface area contributed by atoms with Crippen molar-refractivity contribution in [1.29, 1.82) is 0 Å². The van der Waals surface area contributed by atoms with E-state index in [1.165, 1.54) is 0 Å². The van der Waals surface area contributed by atoms with Gasteiger partial charge in [0.15, 0.2) is 0 Å². The maximum Gasteiger partial charge on any atom is 0.341 e. The number of hydrogen-bond donors (Lipinski definition) is 2. The number of carbonyl (C=O) groups is 2. The highest BCUT2D eigenvalue weighted by molar-refractivity contribution is 6.32.